The normalized spacial score (nSPS) is 10.0. The number of carbonyl (C=O) groups is 1. The Bertz CT molecular complexity index is 602. The molecule has 5 nitrogen and oxygen atoms in total. The van der Waals surface area contributed by atoms with Crippen LogP contribution in [-0.2, 0) is 11.3 Å². The Morgan fingerprint density at radius 3 is 2.76 bits per heavy atom. The lowest BCUT2D eigenvalue weighted by Crippen LogP contribution is -2.14. The Morgan fingerprint density at radius 1 is 1.29 bits per heavy atom. The van der Waals surface area contributed by atoms with E-state index >= 15 is 0 Å². The van der Waals surface area contributed by atoms with E-state index in [0.717, 1.165) is 16.3 Å². The number of amides is 1. The molecule has 1 aromatic heterocycles. The molecule has 0 saturated heterocycles. The largest absolute Gasteiger partial charge is 0.450 e. The summed E-state index contributed by atoms with van der Waals surface area (Å²) in [5.41, 5.74) is 1.84. The highest BCUT2D eigenvalue weighted by molar-refractivity contribution is 6.31. The van der Waals surface area contributed by atoms with Crippen LogP contribution in [0, 0.1) is 0 Å². The minimum absolute atomic E-state index is 0.323. The molecule has 0 aliphatic heterocycles. The summed E-state index contributed by atoms with van der Waals surface area (Å²) >= 11 is 6.09. The van der Waals surface area contributed by atoms with E-state index in [-0.39, 0.29) is 0 Å². The second-order valence-corrected chi connectivity index (χ2v) is 4.63. The molecule has 6 heteroatoms. The summed E-state index contributed by atoms with van der Waals surface area (Å²) in [4.78, 5) is 15.4. The zero-order valence-electron chi connectivity index (χ0n) is 11.6. The minimum Gasteiger partial charge on any atom is -0.450 e. The van der Waals surface area contributed by atoms with Gasteiger partial charge in [-0.15, -0.1) is 0 Å². The molecular formula is C15H16ClN3O2. The first kappa shape index (κ1) is 15.1. The second-order valence-electron chi connectivity index (χ2n) is 4.22. The van der Waals surface area contributed by atoms with Gasteiger partial charge < -0.3 is 10.1 Å². The van der Waals surface area contributed by atoms with Crippen LogP contribution in [0.4, 0.5) is 16.3 Å². The molecule has 21 heavy (non-hydrogen) atoms. The fourth-order valence-corrected chi connectivity index (χ4v) is 1.89. The molecule has 2 N–H and O–H groups in total. The topological polar surface area (TPSA) is 63.2 Å². The van der Waals surface area contributed by atoms with Crippen LogP contribution in [0.1, 0.15) is 12.5 Å². The van der Waals surface area contributed by atoms with Crippen LogP contribution in [0.2, 0.25) is 5.02 Å². The number of carbonyl (C=O) groups excluding carboxylic acids is 1. The van der Waals surface area contributed by atoms with Gasteiger partial charge in [-0.2, -0.15) is 0 Å². The quantitative estimate of drug-likeness (QED) is 0.879. The van der Waals surface area contributed by atoms with Gasteiger partial charge in [-0.3, -0.25) is 5.32 Å². The van der Waals surface area contributed by atoms with Crippen LogP contribution in [0.25, 0.3) is 0 Å². The molecule has 0 saturated carbocycles. The Hall–Kier alpha value is -2.27. The molecule has 1 heterocycles. The van der Waals surface area contributed by atoms with Crippen molar-refractivity contribution in [2.24, 2.45) is 0 Å². The molecule has 1 amide bonds. The maximum atomic E-state index is 11.2. The molecule has 0 aliphatic carbocycles. The van der Waals surface area contributed by atoms with Gasteiger partial charge >= 0.3 is 6.09 Å². The third-order valence-corrected chi connectivity index (χ3v) is 3.08. The molecule has 0 radical (unpaired) electrons. The van der Waals surface area contributed by atoms with Crippen LogP contribution in [0.15, 0.2) is 42.6 Å². The van der Waals surface area contributed by atoms with Gasteiger partial charge in [0.25, 0.3) is 0 Å². The lowest BCUT2D eigenvalue weighted by molar-refractivity contribution is 0.168. The number of aromatic nitrogens is 1. The summed E-state index contributed by atoms with van der Waals surface area (Å²) in [5, 5.41) is 6.47. The summed E-state index contributed by atoms with van der Waals surface area (Å²) in [5.74, 6) is 0.441. The molecule has 1 aromatic carbocycles. The summed E-state index contributed by atoms with van der Waals surface area (Å²) < 4.78 is 4.77. The van der Waals surface area contributed by atoms with Crippen LogP contribution in [0.3, 0.4) is 0 Å². The van der Waals surface area contributed by atoms with Gasteiger partial charge in [0, 0.05) is 11.6 Å². The zero-order chi connectivity index (χ0) is 15.1. The van der Waals surface area contributed by atoms with Crippen molar-refractivity contribution in [1.82, 2.24) is 4.98 Å². The van der Waals surface area contributed by atoms with Crippen molar-refractivity contribution >= 4 is 29.2 Å². The Labute approximate surface area is 128 Å². The van der Waals surface area contributed by atoms with Gasteiger partial charge in [-0.25, -0.2) is 9.78 Å². The van der Waals surface area contributed by atoms with Gasteiger partial charge in [-0.05, 0) is 30.7 Å². The van der Waals surface area contributed by atoms with Crippen molar-refractivity contribution in [3.8, 4) is 0 Å². The van der Waals surface area contributed by atoms with Gasteiger partial charge in [-0.1, -0.05) is 29.8 Å². The molecule has 0 unspecified atom stereocenters. The van der Waals surface area contributed by atoms with Crippen molar-refractivity contribution in [1.29, 1.82) is 0 Å². The minimum atomic E-state index is -0.512. The molecule has 0 atom stereocenters. The first-order valence-electron chi connectivity index (χ1n) is 6.56. The lowest BCUT2D eigenvalue weighted by atomic mass is 10.2. The number of hydrogen-bond donors (Lipinski definition) is 2. The van der Waals surface area contributed by atoms with Gasteiger partial charge in [0.05, 0.1) is 18.5 Å². The highest BCUT2D eigenvalue weighted by Gasteiger charge is 2.03. The number of hydrogen-bond acceptors (Lipinski definition) is 4. The van der Waals surface area contributed by atoms with Gasteiger partial charge in [0.2, 0.25) is 0 Å². The highest BCUT2D eigenvalue weighted by atomic mass is 35.5. The number of anilines is 2. The average Bonchev–Trinajstić information content (AvgIpc) is 2.48. The number of pyridine rings is 1. The summed E-state index contributed by atoms with van der Waals surface area (Å²) in [7, 11) is 0. The third kappa shape index (κ3) is 4.65. The van der Waals surface area contributed by atoms with E-state index in [2.05, 4.69) is 15.6 Å². The number of nitrogens with zero attached hydrogens (tertiary/aromatic N) is 1. The SMILES string of the molecule is CCOC(=O)Nc1ccc(NCc2ccccc2Cl)cn1. The first-order valence-corrected chi connectivity index (χ1v) is 6.94. The Balaban J connectivity index is 1.91. The standard InChI is InChI=1S/C15H16ClN3O2/c1-2-21-15(20)19-14-8-7-12(10-18-14)17-9-11-5-3-4-6-13(11)16/h3-8,10,17H,2,9H2,1H3,(H,18,19,20). The average molecular weight is 306 g/mol. The molecule has 2 aromatic rings. The highest BCUT2D eigenvalue weighted by Crippen LogP contribution is 2.17. The molecule has 2 rings (SSSR count). The van der Waals surface area contributed by atoms with Gasteiger partial charge in [0.15, 0.2) is 0 Å². The fourth-order valence-electron chi connectivity index (χ4n) is 1.68. The van der Waals surface area contributed by atoms with E-state index in [4.69, 9.17) is 16.3 Å². The van der Waals surface area contributed by atoms with E-state index in [1.165, 1.54) is 0 Å². The fraction of sp³-hybridized carbons (Fsp3) is 0.200. The number of halogens is 1. The molecule has 0 aliphatic rings. The molecule has 0 bridgehead atoms. The van der Waals surface area contributed by atoms with E-state index in [1.807, 2.05) is 30.3 Å². The Kier molecular flexibility index (Phi) is 5.40. The molecular weight excluding hydrogens is 290 g/mol. The third-order valence-electron chi connectivity index (χ3n) is 2.71. The summed E-state index contributed by atoms with van der Waals surface area (Å²) in [6.07, 6.45) is 1.13. The van der Waals surface area contributed by atoms with E-state index < -0.39 is 6.09 Å². The number of ether oxygens (including phenoxy) is 1. The molecule has 0 fully saturated rings. The summed E-state index contributed by atoms with van der Waals surface area (Å²) in [6.45, 7) is 2.67. The Morgan fingerprint density at radius 2 is 2.10 bits per heavy atom. The first-order chi connectivity index (χ1) is 10.2. The van der Waals surface area contributed by atoms with E-state index in [1.54, 1.807) is 19.2 Å². The summed E-state index contributed by atoms with van der Waals surface area (Å²) in [6, 6.07) is 11.2. The zero-order valence-corrected chi connectivity index (χ0v) is 12.4. The van der Waals surface area contributed by atoms with Crippen molar-refractivity contribution in [3.63, 3.8) is 0 Å². The van der Waals surface area contributed by atoms with E-state index in [9.17, 15) is 4.79 Å². The van der Waals surface area contributed by atoms with Crippen molar-refractivity contribution in [2.45, 2.75) is 13.5 Å². The smallest absolute Gasteiger partial charge is 0.412 e. The van der Waals surface area contributed by atoms with Crippen molar-refractivity contribution in [3.05, 3.63) is 53.2 Å². The monoisotopic (exact) mass is 305 g/mol. The van der Waals surface area contributed by atoms with Gasteiger partial charge in [0.1, 0.15) is 5.82 Å². The number of rotatable bonds is 5. The van der Waals surface area contributed by atoms with Crippen LogP contribution in [0.5, 0.6) is 0 Å². The predicted molar refractivity (Wildman–Crippen MR) is 83.7 cm³/mol. The van der Waals surface area contributed by atoms with Crippen molar-refractivity contribution in [2.75, 3.05) is 17.2 Å². The number of nitrogens with one attached hydrogen (secondary N) is 2. The maximum Gasteiger partial charge on any atom is 0.412 e. The van der Waals surface area contributed by atoms with Crippen molar-refractivity contribution < 1.29 is 9.53 Å². The number of benzene rings is 1. The van der Waals surface area contributed by atoms with Crippen LogP contribution < -0.4 is 10.6 Å². The predicted octanol–water partition coefficient (Wildman–Crippen LogP) is 3.92. The van der Waals surface area contributed by atoms with Crippen LogP contribution >= 0.6 is 11.6 Å². The van der Waals surface area contributed by atoms with E-state index in [0.29, 0.717) is 19.0 Å². The lowest BCUT2D eigenvalue weighted by Gasteiger charge is -2.09. The maximum absolute atomic E-state index is 11.2. The molecule has 110 valence electrons. The second kappa shape index (κ2) is 7.50. The molecule has 0 spiro atoms. The van der Waals surface area contributed by atoms with Crippen LogP contribution in [-0.4, -0.2) is 17.7 Å².